The van der Waals surface area contributed by atoms with Crippen molar-refractivity contribution in [1.82, 2.24) is 10.1 Å². The second kappa shape index (κ2) is 6.63. The molecule has 0 amide bonds. The van der Waals surface area contributed by atoms with Gasteiger partial charge in [-0.1, -0.05) is 28.9 Å². The standard InChI is InChI=1S/C18H17ClN4O3S/c1-11-8-12-9-13(27(20,24)25)6-7-16(12)23(11)10-17-21-18(22-26-17)14-4-2-3-5-15(14)19/h2-7,9,11H,8,10H2,1H3,(H2,20,24,25). The summed E-state index contributed by atoms with van der Waals surface area (Å²) < 4.78 is 28.5. The van der Waals surface area contributed by atoms with Gasteiger partial charge in [-0.05, 0) is 49.2 Å². The Hall–Kier alpha value is -2.42. The molecule has 0 fully saturated rings. The molecule has 0 spiro atoms. The molecule has 7 nitrogen and oxygen atoms in total. The Morgan fingerprint density at radius 1 is 1.30 bits per heavy atom. The molecule has 2 heterocycles. The number of benzene rings is 2. The number of aromatic nitrogens is 2. The molecule has 0 saturated heterocycles. The minimum absolute atomic E-state index is 0.120. The first kappa shape index (κ1) is 18.0. The molecule has 2 aromatic carbocycles. The van der Waals surface area contributed by atoms with Crippen LogP contribution in [0.1, 0.15) is 18.4 Å². The molecule has 1 aliphatic rings. The average molecular weight is 405 g/mol. The number of hydrogen-bond donors (Lipinski definition) is 1. The van der Waals surface area contributed by atoms with Crippen molar-refractivity contribution in [3.63, 3.8) is 0 Å². The van der Waals surface area contributed by atoms with Gasteiger partial charge in [-0.2, -0.15) is 4.98 Å². The van der Waals surface area contributed by atoms with Crippen molar-refractivity contribution in [2.24, 2.45) is 5.14 Å². The van der Waals surface area contributed by atoms with E-state index in [1.54, 1.807) is 18.2 Å². The highest BCUT2D eigenvalue weighted by Crippen LogP contribution is 2.35. The number of nitrogens with zero attached hydrogens (tertiary/aromatic N) is 3. The molecule has 0 aliphatic carbocycles. The van der Waals surface area contributed by atoms with Gasteiger partial charge < -0.3 is 9.42 Å². The minimum Gasteiger partial charge on any atom is -0.359 e. The predicted molar refractivity (Wildman–Crippen MR) is 102 cm³/mol. The first-order valence-corrected chi connectivity index (χ1v) is 10.3. The molecular weight excluding hydrogens is 388 g/mol. The number of rotatable bonds is 4. The van der Waals surface area contributed by atoms with Crippen molar-refractivity contribution in [2.45, 2.75) is 30.8 Å². The molecule has 0 saturated carbocycles. The van der Waals surface area contributed by atoms with Crippen LogP contribution >= 0.6 is 11.6 Å². The smallest absolute Gasteiger partial charge is 0.246 e. The summed E-state index contributed by atoms with van der Waals surface area (Å²) in [5.74, 6) is 0.896. The quantitative estimate of drug-likeness (QED) is 0.717. The van der Waals surface area contributed by atoms with Crippen molar-refractivity contribution in [3.05, 3.63) is 58.9 Å². The number of fused-ring (bicyclic) bond motifs is 1. The summed E-state index contributed by atoms with van der Waals surface area (Å²) >= 11 is 6.19. The van der Waals surface area contributed by atoms with Crippen LogP contribution in [0.25, 0.3) is 11.4 Å². The Bertz CT molecular complexity index is 1110. The molecule has 1 aliphatic heterocycles. The highest BCUT2D eigenvalue weighted by Gasteiger charge is 2.29. The lowest BCUT2D eigenvalue weighted by Gasteiger charge is -2.22. The van der Waals surface area contributed by atoms with E-state index in [-0.39, 0.29) is 10.9 Å². The van der Waals surface area contributed by atoms with E-state index in [0.717, 1.165) is 11.3 Å². The summed E-state index contributed by atoms with van der Waals surface area (Å²) in [5.41, 5.74) is 2.58. The van der Waals surface area contributed by atoms with Crippen molar-refractivity contribution < 1.29 is 12.9 Å². The molecule has 9 heteroatoms. The Labute approximate surface area is 161 Å². The van der Waals surface area contributed by atoms with Crippen molar-refractivity contribution >= 4 is 27.3 Å². The third-order valence-electron chi connectivity index (χ3n) is 4.62. The number of halogens is 1. The largest absolute Gasteiger partial charge is 0.359 e. The van der Waals surface area contributed by atoms with Gasteiger partial charge in [0.2, 0.25) is 21.7 Å². The summed E-state index contributed by atoms with van der Waals surface area (Å²) in [6, 6.07) is 12.4. The summed E-state index contributed by atoms with van der Waals surface area (Å²) in [6.45, 7) is 2.47. The fourth-order valence-electron chi connectivity index (χ4n) is 3.31. The summed E-state index contributed by atoms with van der Waals surface area (Å²) in [4.78, 5) is 6.67. The second-order valence-electron chi connectivity index (χ2n) is 6.51. The van der Waals surface area contributed by atoms with Gasteiger partial charge >= 0.3 is 0 Å². The highest BCUT2D eigenvalue weighted by atomic mass is 35.5. The monoisotopic (exact) mass is 404 g/mol. The van der Waals surface area contributed by atoms with Crippen molar-refractivity contribution in [3.8, 4) is 11.4 Å². The second-order valence-corrected chi connectivity index (χ2v) is 8.48. The van der Waals surface area contributed by atoms with Gasteiger partial charge in [0.25, 0.3) is 0 Å². The number of sulfonamides is 1. The summed E-state index contributed by atoms with van der Waals surface area (Å²) in [6.07, 6.45) is 0.713. The summed E-state index contributed by atoms with van der Waals surface area (Å²) in [5, 5.41) is 9.81. The molecule has 140 valence electrons. The normalized spacial score (nSPS) is 16.6. The van der Waals surface area contributed by atoms with E-state index in [9.17, 15) is 8.42 Å². The third-order valence-corrected chi connectivity index (χ3v) is 5.87. The fraction of sp³-hybridized carbons (Fsp3) is 0.222. The van der Waals surface area contributed by atoms with Crippen molar-refractivity contribution in [2.75, 3.05) is 4.90 Å². The number of hydrogen-bond acceptors (Lipinski definition) is 6. The van der Waals surface area contributed by atoms with Crippen molar-refractivity contribution in [1.29, 1.82) is 0 Å². The van der Waals surface area contributed by atoms with E-state index < -0.39 is 10.0 Å². The lowest BCUT2D eigenvalue weighted by molar-refractivity contribution is 0.374. The van der Waals surface area contributed by atoms with Gasteiger partial charge in [-0.25, -0.2) is 13.6 Å². The van der Waals surface area contributed by atoms with E-state index in [0.29, 0.717) is 35.3 Å². The zero-order chi connectivity index (χ0) is 19.2. The third kappa shape index (κ3) is 3.43. The van der Waals surface area contributed by atoms with Gasteiger partial charge in [-0.15, -0.1) is 0 Å². The molecule has 0 radical (unpaired) electrons. The molecular formula is C18H17ClN4O3S. The summed E-state index contributed by atoms with van der Waals surface area (Å²) in [7, 11) is -3.72. The first-order chi connectivity index (χ1) is 12.8. The predicted octanol–water partition coefficient (Wildman–Crippen LogP) is 2.99. The van der Waals surface area contributed by atoms with Gasteiger partial charge in [0, 0.05) is 17.3 Å². The lowest BCUT2D eigenvalue weighted by atomic mass is 10.1. The Balaban J connectivity index is 1.61. The zero-order valence-electron chi connectivity index (χ0n) is 14.5. The minimum atomic E-state index is -3.72. The Morgan fingerprint density at radius 2 is 2.07 bits per heavy atom. The molecule has 3 aromatic rings. The van der Waals surface area contributed by atoms with Gasteiger partial charge in [0.15, 0.2) is 0 Å². The maximum absolute atomic E-state index is 11.6. The van der Waals surface area contributed by atoms with Crippen LogP contribution in [0.4, 0.5) is 5.69 Å². The maximum Gasteiger partial charge on any atom is 0.246 e. The SMILES string of the molecule is CC1Cc2cc(S(N)(=O)=O)ccc2N1Cc1nc(-c2ccccc2Cl)no1. The molecule has 0 bridgehead atoms. The molecule has 27 heavy (non-hydrogen) atoms. The van der Waals surface area contributed by atoms with Crippen LogP contribution < -0.4 is 10.0 Å². The van der Waals surface area contributed by atoms with Crippen LogP contribution in [0.15, 0.2) is 51.9 Å². The Kier molecular flexibility index (Phi) is 4.41. The number of anilines is 1. The molecule has 2 N–H and O–H groups in total. The fourth-order valence-corrected chi connectivity index (χ4v) is 4.09. The van der Waals surface area contributed by atoms with Crippen LogP contribution in [0.3, 0.4) is 0 Å². The molecule has 1 atom stereocenters. The van der Waals surface area contributed by atoms with E-state index in [2.05, 4.69) is 22.0 Å². The highest BCUT2D eigenvalue weighted by molar-refractivity contribution is 7.89. The van der Waals surface area contributed by atoms with E-state index >= 15 is 0 Å². The van der Waals surface area contributed by atoms with E-state index in [1.807, 2.05) is 18.2 Å². The average Bonchev–Trinajstić information content (AvgIpc) is 3.19. The van der Waals surface area contributed by atoms with Gasteiger partial charge in [0.05, 0.1) is 16.5 Å². The molecule has 1 unspecified atom stereocenters. The van der Waals surface area contributed by atoms with Gasteiger partial charge in [0.1, 0.15) is 0 Å². The van der Waals surface area contributed by atoms with Crippen LogP contribution in [-0.4, -0.2) is 24.6 Å². The first-order valence-electron chi connectivity index (χ1n) is 8.33. The Morgan fingerprint density at radius 3 is 2.81 bits per heavy atom. The molecule has 4 rings (SSSR count). The van der Waals surface area contributed by atoms with E-state index in [1.165, 1.54) is 6.07 Å². The topological polar surface area (TPSA) is 102 Å². The molecule has 1 aromatic heterocycles. The van der Waals surface area contributed by atoms with Crippen LogP contribution in [0.2, 0.25) is 5.02 Å². The van der Waals surface area contributed by atoms with Gasteiger partial charge in [-0.3, -0.25) is 0 Å². The van der Waals surface area contributed by atoms with Crippen LogP contribution in [0, 0.1) is 0 Å². The number of primary sulfonamides is 1. The van der Waals surface area contributed by atoms with Crippen LogP contribution in [-0.2, 0) is 23.0 Å². The van der Waals surface area contributed by atoms with Crippen LogP contribution in [0.5, 0.6) is 0 Å². The van der Waals surface area contributed by atoms with E-state index in [4.69, 9.17) is 21.3 Å². The maximum atomic E-state index is 11.6. The lowest BCUT2D eigenvalue weighted by Crippen LogP contribution is -2.28. The number of nitrogens with two attached hydrogens (primary N) is 1. The zero-order valence-corrected chi connectivity index (χ0v) is 16.0.